The summed E-state index contributed by atoms with van der Waals surface area (Å²) in [6, 6.07) is 5.01. The first kappa shape index (κ1) is 10.4. The molecule has 0 amide bonds. The molecule has 1 aromatic carbocycles. The lowest BCUT2D eigenvalue weighted by atomic mass is 10.1. The van der Waals surface area contributed by atoms with E-state index < -0.39 is 16.7 Å². The number of rotatable bonds is 0. The molecule has 82 valence electrons. The van der Waals surface area contributed by atoms with E-state index in [1.54, 1.807) is 6.07 Å². The van der Waals surface area contributed by atoms with Crippen molar-refractivity contribution < 1.29 is 5.11 Å². The topological polar surface area (TPSA) is 70.2 Å². The lowest BCUT2D eigenvalue weighted by Gasteiger charge is -2.00. The van der Waals surface area contributed by atoms with Gasteiger partial charge in [-0.2, -0.15) is 0 Å². The SMILES string of the molecule is Cc1cc(C)c2cc(O)c(=O)c(=O)[nH]c2c1. The van der Waals surface area contributed by atoms with Gasteiger partial charge in [0.15, 0.2) is 5.75 Å². The molecular weight excluding hydrogens is 206 g/mol. The third-order valence-electron chi connectivity index (χ3n) is 2.50. The van der Waals surface area contributed by atoms with Crippen molar-refractivity contribution in [1.29, 1.82) is 0 Å². The van der Waals surface area contributed by atoms with Gasteiger partial charge in [-0.25, -0.2) is 0 Å². The lowest BCUT2D eigenvalue weighted by Crippen LogP contribution is -2.22. The number of hydrogen-bond acceptors (Lipinski definition) is 3. The zero-order chi connectivity index (χ0) is 11.9. The standard InChI is InChI=1S/C12H11NO3/c1-6-3-7(2)8-5-10(14)11(15)12(16)13-9(8)4-6/h3-5H,1-2H3,(H2,13,14,15,16). The van der Waals surface area contributed by atoms with Crippen molar-refractivity contribution in [2.24, 2.45) is 0 Å². The summed E-state index contributed by atoms with van der Waals surface area (Å²) >= 11 is 0. The molecular formula is C12H11NO3. The Balaban J connectivity index is 3.12. The number of nitrogens with one attached hydrogen (secondary N) is 1. The minimum atomic E-state index is -0.909. The van der Waals surface area contributed by atoms with Crippen LogP contribution in [0.4, 0.5) is 0 Å². The van der Waals surface area contributed by atoms with Gasteiger partial charge in [0.25, 0.3) is 11.0 Å². The van der Waals surface area contributed by atoms with E-state index in [2.05, 4.69) is 4.98 Å². The van der Waals surface area contributed by atoms with Gasteiger partial charge in [0, 0.05) is 10.9 Å². The van der Waals surface area contributed by atoms with Crippen LogP contribution in [0.1, 0.15) is 11.1 Å². The molecule has 1 heterocycles. The largest absolute Gasteiger partial charge is 0.504 e. The summed E-state index contributed by atoms with van der Waals surface area (Å²) < 4.78 is 0. The number of benzene rings is 1. The minimum Gasteiger partial charge on any atom is -0.504 e. The summed E-state index contributed by atoms with van der Waals surface area (Å²) in [6.45, 7) is 3.76. The number of aryl methyl sites for hydroxylation is 2. The maximum atomic E-state index is 11.3. The van der Waals surface area contributed by atoms with E-state index >= 15 is 0 Å². The second-order valence-corrected chi connectivity index (χ2v) is 3.86. The van der Waals surface area contributed by atoms with Crippen LogP contribution >= 0.6 is 0 Å². The van der Waals surface area contributed by atoms with Crippen LogP contribution in [-0.2, 0) is 0 Å². The Hall–Kier alpha value is -2.10. The molecule has 1 aromatic heterocycles. The highest BCUT2D eigenvalue weighted by atomic mass is 16.3. The average molecular weight is 217 g/mol. The van der Waals surface area contributed by atoms with Crippen LogP contribution in [0, 0.1) is 13.8 Å². The maximum Gasteiger partial charge on any atom is 0.300 e. The molecule has 0 atom stereocenters. The molecule has 0 saturated heterocycles. The maximum absolute atomic E-state index is 11.3. The fourth-order valence-corrected chi connectivity index (χ4v) is 1.77. The third kappa shape index (κ3) is 1.58. The van der Waals surface area contributed by atoms with Crippen molar-refractivity contribution in [3.8, 4) is 5.75 Å². The van der Waals surface area contributed by atoms with Crippen LogP contribution in [0.25, 0.3) is 10.9 Å². The monoisotopic (exact) mass is 217 g/mol. The quantitative estimate of drug-likeness (QED) is 0.651. The highest BCUT2D eigenvalue weighted by Gasteiger charge is 2.04. The van der Waals surface area contributed by atoms with Gasteiger partial charge < -0.3 is 10.1 Å². The minimum absolute atomic E-state index is 0.525. The van der Waals surface area contributed by atoms with Crippen molar-refractivity contribution in [3.05, 3.63) is 49.9 Å². The summed E-state index contributed by atoms with van der Waals surface area (Å²) in [5.41, 5.74) is 0.723. The number of H-pyrrole nitrogens is 1. The Morgan fingerprint density at radius 1 is 1.12 bits per heavy atom. The summed E-state index contributed by atoms with van der Waals surface area (Å²) in [6.07, 6.45) is 0. The van der Waals surface area contributed by atoms with E-state index in [-0.39, 0.29) is 0 Å². The normalized spacial score (nSPS) is 10.6. The molecule has 0 bridgehead atoms. The molecule has 0 saturated carbocycles. The van der Waals surface area contributed by atoms with E-state index in [9.17, 15) is 14.7 Å². The summed E-state index contributed by atoms with van der Waals surface area (Å²) in [4.78, 5) is 25.1. The zero-order valence-corrected chi connectivity index (χ0v) is 9.00. The first-order chi connectivity index (χ1) is 7.49. The van der Waals surface area contributed by atoms with E-state index in [0.717, 1.165) is 11.1 Å². The fourth-order valence-electron chi connectivity index (χ4n) is 1.77. The van der Waals surface area contributed by atoms with E-state index in [4.69, 9.17) is 0 Å². The summed E-state index contributed by atoms with van der Waals surface area (Å²) in [7, 11) is 0. The van der Waals surface area contributed by atoms with Crippen LogP contribution < -0.4 is 11.0 Å². The van der Waals surface area contributed by atoms with Crippen LogP contribution in [0.15, 0.2) is 27.8 Å². The average Bonchev–Trinajstić information content (AvgIpc) is 2.29. The van der Waals surface area contributed by atoms with Crippen molar-refractivity contribution in [2.45, 2.75) is 13.8 Å². The van der Waals surface area contributed by atoms with Gasteiger partial charge in [-0.15, -0.1) is 0 Å². The van der Waals surface area contributed by atoms with Gasteiger partial charge in [0.1, 0.15) is 0 Å². The van der Waals surface area contributed by atoms with Gasteiger partial charge in [0.2, 0.25) is 0 Å². The smallest absolute Gasteiger partial charge is 0.300 e. The second-order valence-electron chi connectivity index (χ2n) is 3.86. The van der Waals surface area contributed by atoms with E-state index in [1.165, 1.54) is 6.07 Å². The van der Waals surface area contributed by atoms with Crippen LogP contribution in [0.5, 0.6) is 5.75 Å². The number of aromatic hydroxyl groups is 1. The number of hydrogen-bond donors (Lipinski definition) is 2. The summed E-state index contributed by atoms with van der Waals surface area (Å²) in [5, 5.41) is 10.1. The van der Waals surface area contributed by atoms with Gasteiger partial charge in [-0.1, -0.05) is 6.07 Å². The van der Waals surface area contributed by atoms with Crippen molar-refractivity contribution in [3.63, 3.8) is 0 Å². The van der Waals surface area contributed by atoms with Crippen LogP contribution in [0.3, 0.4) is 0 Å². The molecule has 0 radical (unpaired) electrons. The van der Waals surface area contributed by atoms with Crippen molar-refractivity contribution >= 4 is 10.9 Å². The van der Waals surface area contributed by atoms with Gasteiger partial charge in [0.05, 0.1) is 0 Å². The first-order valence-corrected chi connectivity index (χ1v) is 4.86. The second kappa shape index (κ2) is 3.48. The predicted octanol–water partition coefficient (Wildman–Crippen LogP) is 1.21. The Bertz CT molecular complexity index is 686. The Morgan fingerprint density at radius 2 is 1.81 bits per heavy atom. The zero-order valence-electron chi connectivity index (χ0n) is 9.00. The first-order valence-electron chi connectivity index (χ1n) is 4.86. The fraction of sp³-hybridized carbons (Fsp3) is 0.167. The highest BCUT2D eigenvalue weighted by molar-refractivity contribution is 5.83. The Kier molecular flexibility index (Phi) is 2.27. The summed E-state index contributed by atoms with van der Waals surface area (Å²) in [5.74, 6) is -0.525. The molecule has 0 aliphatic rings. The molecule has 2 rings (SSSR count). The van der Waals surface area contributed by atoms with Crippen LogP contribution in [-0.4, -0.2) is 10.1 Å². The molecule has 4 heteroatoms. The molecule has 16 heavy (non-hydrogen) atoms. The molecule has 2 aromatic rings. The van der Waals surface area contributed by atoms with Gasteiger partial charge >= 0.3 is 0 Å². The van der Waals surface area contributed by atoms with Crippen LogP contribution in [0.2, 0.25) is 0 Å². The molecule has 0 spiro atoms. The van der Waals surface area contributed by atoms with Gasteiger partial charge in [-0.3, -0.25) is 9.59 Å². The van der Waals surface area contributed by atoms with Crippen molar-refractivity contribution in [2.75, 3.05) is 0 Å². The number of aromatic amines is 1. The molecule has 0 unspecified atom stereocenters. The number of aromatic nitrogens is 1. The molecule has 0 aliphatic heterocycles. The lowest BCUT2D eigenvalue weighted by molar-refractivity contribution is 0.470. The van der Waals surface area contributed by atoms with Gasteiger partial charge in [-0.05, 0) is 37.1 Å². The molecule has 0 aliphatic carbocycles. The number of fused-ring (bicyclic) bond motifs is 1. The molecule has 2 N–H and O–H groups in total. The molecule has 4 nitrogen and oxygen atoms in total. The van der Waals surface area contributed by atoms with Crippen molar-refractivity contribution in [1.82, 2.24) is 4.98 Å². The molecule has 0 fully saturated rings. The Labute approximate surface area is 91.2 Å². The highest BCUT2D eigenvalue weighted by Crippen LogP contribution is 2.18. The third-order valence-corrected chi connectivity index (χ3v) is 2.50. The van der Waals surface area contributed by atoms with E-state index in [1.807, 2.05) is 19.9 Å². The predicted molar refractivity (Wildman–Crippen MR) is 62.0 cm³/mol. The van der Waals surface area contributed by atoms with E-state index in [0.29, 0.717) is 10.9 Å². The Morgan fingerprint density at radius 3 is 2.50 bits per heavy atom.